The van der Waals surface area contributed by atoms with E-state index in [0.29, 0.717) is 0 Å². The molecule has 1 aromatic carbocycles. The molecule has 3 aliphatic heterocycles. The van der Waals surface area contributed by atoms with Gasteiger partial charge in [-0.3, -0.25) is 14.9 Å². The zero-order valence-electron chi connectivity index (χ0n) is 52.0. The fourth-order valence-electron chi connectivity index (χ4n) is 10.1. The first-order valence-corrected chi connectivity index (χ1v) is 29.9. The molecular formula is C55H91N7O23S. The molecule has 86 heavy (non-hydrogen) atoms. The topological polar surface area (TPSA) is 390 Å². The standard InChI is InChI=1S/C55H91N7O23S/c1-50(2,3)82-46(67)56-24-23-36(63)43(66)57-33-25-34(59-48(69)84-52(7,8)9)41(38(64)40(33)80-45-39(65)42(55(15,71)29-76-45)60(16)49(70)85-53(10,11)12)79-44-32(58-47(68)83-51(4,5)6)22-21-30(78-44)26-61(27-31-28-77-54(13,14)81-31)86(74,75)37-20-18-17-19-35(37)62(72)73/h17-20,30-34,36,38-42,44-45,63-65,71H,21-29H2,1-16H3,(H,56,67)(H,57,66)(H,58,68)(H,59,69)/t30-,31?,32+,33+,34-,36-,38+,39+,40-,41+,42+,44+,45+,55-/m0/s1. The van der Waals surface area contributed by atoms with Crippen LogP contribution in [-0.4, -0.2) is 226 Å². The van der Waals surface area contributed by atoms with E-state index in [1.165, 1.54) is 26.1 Å². The third-order valence-corrected chi connectivity index (χ3v) is 15.5. The van der Waals surface area contributed by atoms with E-state index in [-0.39, 0.29) is 39.0 Å². The molecule has 4 aliphatic rings. The predicted molar refractivity (Wildman–Crippen MR) is 302 cm³/mol. The number of alkyl carbamates (subject to hydrolysis) is 3. The van der Waals surface area contributed by atoms with Gasteiger partial charge in [0.15, 0.2) is 23.3 Å². The molecular weight excluding hydrogens is 1160 g/mol. The summed E-state index contributed by atoms with van der Waals surface area (Å²) < 4.78 is 89.8. The molecule has 5 rings (SSSR count). The highest BCUT2D eigenvalue weighted by Gasteiger charge is 2.56. The smallest absolute Gasteiger partial charge is 0.410 e. The van der Waals surface area contributed by atoms with Crippen molar-refractivity contribution in [2.75, 3.05) is 39.9 Å². The van der Waals surface area contributed by atoms with Crippen LogP contribution in [0, 0.1) is 10.1 Å². The molecule has 0 bridgehead atoms. The first kappa shape index (κ1) is 71.4. The maximum absolute atomic E-state index is 14.7. The Hall–Kier alpha value is -5.32. The van der Waals surface area contributed by atoms with Gasteiger partial charge in [0.25, 0.3) is 5.69 Å². The highest BCUT2D eigenvalue weighted by molar-refractivity contribution is 7.89. The van der Waals surface area contributed by atoms with Crippen molar-refractivity contribution in [1.29, 1.82) is 0 Å². The van der Waals surface area contributed by atoms with E-state index < -0.39 is 189 Å². The fourth-order valence-corrected chi connectivity index (χ4v) is 11.7. The summed E-state index contributed by atoms with van der Waals surface area (Å²) in [7, 11) is -3.50. The van der Waals surface area contributed by atoms with Crippen molar-refractivity contribution in [3.63, 3.8) is 0 Å². The van der Waals surface area contributed by atoms with Crippen LogP contribution in [-0.2, 0) is 62.2 Å². The molecule has 3 heterocycles. The van der Waals surface area contributed by atoms with E-state index in [4.69, 9.17) is 47.4 Å². The number of carbonyl (C=O) groups is 5. The van der Waals surface area contributed by atoms with Crippen LogP contribution < -0.4 is 21.3 Å². The van der Waals surface area contributed by atoms with E-state index in [9.17, 15) is 62.9 Å². The van der Waals surface area contributed by atoms with Crippen molar-refractivity contribution in [2.24, 2.45) is 0 Å². The number of hydrogen-bond acceptors (Lipinski definition) is 23. The molecule has 30 nitrogen and oxygen atoms in total. The van der Waals surface area contributed by atoms with Gasteiger partial charge in [0, 0.05) is 32.7 Å². The number of carbonyl (C=O) groups excluding carboxylic acids is 5. The molecule has 1 saturated carbocycles. The van der Waals surface area contributed by atoms with Gasteiger partial charge >= 0.3 is 24.4 Å². The maximum Gasteiger partial charge on any atom is 0.410 e. The molecule has 0 radical (unpaired) electrons. The van der Waals surface area contributed by atoms with Gasteiger partial charge in [0.2, 0.25) is 15.9 Å². The quantitative estimate of drug-likeness (QED) is 0.0560. The summed E-state index contributed by atoms with van der Waals surface area (Å²) >= 11 is 0. The molecule has 1 aliphatic carbocycles. The van der Waals surface area contributed by atoms with Crippen molar-refractivity contribution < 1.29 is 105 Å². The van der Waals surface area contributed by atoms with Crippen LogP contribution >= 0.6 is 0 Å². The number of para-hydroxylation sites is 1. The van der Waals surface area contributed by atoms with Gasteiger partial charge < -0.3 is 94.0 Å². The van der Waals surface area contributed by atoms with Crippen molar-refractivity contribution in [3.8, 4) is 0 Å². The lowest BCUT2D eigenvalue weighted by atomic mass is 9.82. The van der Waals surface area contributed by atoms with Gasteiger partial charge in [0.05, 0.1) is 54.5 Å². The van der Waals surface area contributed by atoms with Crippen LogP contribution in [0.25, 0.3) is 0 Å². The van der Waals surface area contributed by atoms with Crippen LogP contribution in [0.15, 0.2) is 29.2 Å². The third-order valence-electron chi connectivity index (χ3n) is 13.6. The number of rotatable bonds is 19. The molecule has 14 atom stereocenters. The van der Waals surface area contributed by atoms with Gasteiger partial charge in [-0.1, -0.05) is 12.1 Å². The van der Waals surface area contributed by atoms with Crippen molar-refractivity contribution in [2.45, 2.75) is 248 Å². The molecule has 1 aromatic rings. The summed E-state index contributed by atoms with van der Waals surface area (Å²) in [5.74, 6) is -2.18. The number of aliphatic hydroxyl groups excluding tert-OH is 3. The molecule has 1 unspecified atom stereocenters. The van der Waals surface area contributed by atoms with Crippen LogP contribution in [0.3, 0.4) is 0 Å². The van der Waals surface area contributed by atoms with E-state index in [1.54, 1.807) is 96.9 Å². The van der Waals surface area contributed by atoms with Crippen LogP contribution in [0.2, 0.25) is 0 Å². The lowest BCUT2D eigenvalue weighted by Crippen LogP contribution is -2.71. The maximum atomic E-state index is 14.7. The molecule has 0 spiro atoms. The van der Waals surface area contributed by atoms with Crippen molar-refractivity contribution >= 4 is 46.0 Å². The van der Waals surface area contributed by atoms with Crippen LogP contribution in [0.1, 0.15) is 130 Å². The van der Waals surface area contributed by atoms with E-state index in [2.05, 4.69) is 21.3 Å². The zero-order chi connectivity index (χ0) is 64.9. The fraction of sp³-hybridized carbons (Fsp3) is 0.800. The van der Waals surface area contributed by atoms with Gasteiger partial charge in [-0.25, -0.2) is 27.6 Å². The number of aliphatic hydroxyl groups is 4. The highest BCUT2D eigenvalue weighted by atomic mass is 32.2. The lowest BCUT2D eigenvalue weighted by Gasteiger charge is -2.51. The molecule has 3 saturated heterocycles. The Morgan fingerprint density at radius 2 is 1.28 bits per heavy atom. The Kier molecular flexibility index (Phi) is 23.3. The Morgan fingerprint density at radius 1 is 0.756 bits per heavy atom. The minimum atomic E-state index is -4.76. The van der Waals surface area contributed by atoms with Crippen LogP contribution in [0.4, 0.5) is 24.9 Å². The van der Waals surface area contributed by atoms with Crippen molar-refractivity contribution in [3.05, 3.63) is 34.4 Å². The lowest BCUT2D eigenvalue weighted by molar-refractivity contribution is -0.387. The van der Waals surface area contributed by atoms with E-state index in [1.807, 2.05) is 0 Å². The number of nitrogens with one attached hydrogen (secondary N) is 4. The predicted octanol–water partition coefficient (Wildman–Crippen LogP) is 3.03. The monoisotopic (exact) mass is 1250 g/mol. The van der Waals surface area contributed by atoms with Gasteiger partial charge in [-0.2, -0.15) is 4.31 Å². The molecule has 5 amide bonds. The average Bonchev–Trinajstić information content (AvgIpc) is 0.930. The number of likely N-dealkylation sites (N-methyl/N-ethyl adjacent to an activating group) is 1. The largest absolute Gasteiger partial charge is 0.444 e. The minimum absolute atomic E-state index is 0.00138. The molecule has 8 N–H and O–H groups in total. The summed E-state index contributed by atoms with van der Waals surface area (Å²) in [5, 5.41) is 70.6. The number of ether oxygens (including phenoxy) is 10. The Balaban J connectivity index is 1.60. The highest BCUT2D eigenvalue weighted by Crippen LogP contribution is 2.37. The number of nitrogens with zero attached hydrogens (tertiary/aromatic N) is 3. The molecule has 31 heteroatoms. The summed E-state index contributed by atoms with van der Waals surface area (Å²) in [6.45, 7) is 22.1. The summed E-state index contributed by atoms with van der Waals surface area (Å²) in [5.41, 5.74) is -6.68. The minimum Gasteiger partial charge on any atom is -0.444 e. The normalized spacial score (nSPS) is 29.4. The molecule has 4 fully saturated rings. The zero-order valence-corrected chi connectivity index (χ0v) is 52.8. The van der Waals surface area contributed by atoms with Gasteiger partial charge in [-0.05, 0) is 136 Å². The van der Waals surface area contributed by atoms with E-state index >= 15 is 0 Å². The number of hydrogen-bond donors (Lipinski definition) is 8. The second kappa shape index (κ2) is 28.0. The van der Waals surface area contributed by atoms with E-state index in [0.717, 1.165) is 21.3 Å². The number of benzene rings is 1. The summed E-state index contributed by atoms with van der Waals surface area (Å²) in [4.78, 5) is 79.2. The second-order valence-electron chi connectivity index (χ2n) is 26.5. The average molecular weight is 1250 g/mol. The third kappa shape index (κ3) is 20.6. The summed E-state index contributed by atoms with van der Waals surface area (Å²) in [6, 6.07) is -0.839. The molecule has 0 aromatic heterocycles. The Labute approximate surface area is 502 Å². The Morgan fingerprint density at radius 3 is 1.83 bits per heavy atom. The SMILES string of the molecule is CN(C(=O)OC(C)(C)C)[C@@H]1[C@@H](O)[C@@H](O[C@@H]2[C@@H](O)[C@H](O[C@H]3O[C@H](CN(CC4COC(C)(C)O4)S(=O)(=O)c4ccccc4[N+](=O)[O-])CC[C@H]3NC(=O)OC(C)(C)C)[C@@H](NC(=O)OC(C)(C)C)C[C@H]2NC(=O)[C@@H](O)CCNC(=O)OC(C)(C)C)OC[C@]1(C)O. The van der Waals surface area contributed by atoms with Gasteiger partial charge in [0.1, 0.15) is 58.5 Å². The first-order valence-electron chi connectivity index (χ1n) is 28.5. The summed E-state index contributed by atoms with van der Waals surface area (Å²) in [6.07, 6.45) is -19.6. The Bertz CT molecular complexity index is 2640. The van der Waals surface area contributed by atoms with Crippen molar-refractivity contribution in [1.82, 2.24) is 30.5 Å². The number of nitro benzene ring substituents is 1. The molecule has 490 valence electrons. The second-order valence-corrected chi connectivity index (χ2v) is 28.5. The number of amides is 5. The number of sulfonamides is 1. The van der Waals surface area contributed by atoms with Gasteiger partial charge in [-0.15, -0.1) is 0 Å². The number of nitro groups is 1. The first-order chi connectivity index (χ1) is 39.3. The van der Waals surface area contributed by atoms with Crippen LogP contribution in [0.5, 0.6) is 0 Å².